The van der Waals surface area contributed by atoms with E-state index < -0.39 is 218 Å². The molecule has 39 nitrogen and oxygen atoms in total. The topological polar surface area (TPSA) is 609 Å². The van der Waals surface area contributed by atoms with E-state index in [4.69, 9.17) is 22.0 Å². The number of aliphatic carboxylic acids is 3. The van der Waals surface area contributed by atoms with Crippen LogP contribution in [0, 0.1) is 17.2 Å². The number of likely N-dealkylation sites (tertiary alicyclic amines) is 2. The van der Waals surface area contributed by atoms with Gasteiger partial charge in [0.1, 0.15) is 73.0 Å². The van der Waals surface area contributed by atoms with Gasteiger partial charge in [-0.05, 0) is 113 Å². The van der Waals surface area contributed by atoms with Gasteiger partial charge in [-0.2, -0.15) is 11.8 Å². The van der Waals surface area contributed by atoms with Gasteiger partial charge in [0.2, 0.25) is 76.8 Å². The summed E-state index contributed by atoms with van der Waals surface area (Å²) in [4.78, 5) is 229. The molecule has 40 heteroatoms. The summed E-state index contributed by atoms with van der Waals surface area (Å²) < 4.78 is 0. The SMILES string of the molecule is CSCC[C@H](NC(=O)[C@@H](N)Cc1c[nH]cn1)C(=O)NCC(=O)N[C@@H](Cc1ccccc1)C(=O)N1CCC[C@H]1C(=O)N[C@@H](CC(C)C)C(=O)N[C@@H](CCCNC(=N)N)C(=O)N[C@@H](CCC(=O)O)C(=O)N[C@@H](Cc1ccccc1)C(=O)N[C@@H](CC(C)C)C(=O)N1CCC[C@H]1C(=O)N[C@@H](CCC(=O)O)C(=O)N[C@H](C(=O)NCC(=O)O)[C@@H](C)O. The van der Waals surface area contributed by atoms with E-state index in [9.17, 15) is 92.0 Å². The minimum atomic E-state index is -1.76. The fourth-order valence-electron chi connectivity index (χ4n) is 13.0. The molecule has 0 spiro atoms. The summed E-state index contributed by atoms with van der Waals surface area (Å²) in [5, 5.41) is 77.2. The summed E-state index contributed by atoms with van der Waals surface area (Å²) in [7, 11) is 0. The number of carbonyl (C=O) groups excluding carboxylic acids is 13. The van der Waals surface area contributed by atoms with Gasteiger partial charge in [0.15, 0.2) is 5.96 Å². The second-order valence-corrected chi connectivity index (χ2v) is 30.1. The number of imidazole rings is 1. The maximum atomic E-state index is 14.9. The van der Waals surface area contributed by atoms with E-state index in [2.05, 4.69) is 68.5 Å². The number of aliphatic hydroxyl groups excluding tert-OH is 1. The second-order valence-electron chi connectivity index (χ2n) is 29.1. The van der Waals surface area contributed by atoms with E-state index in [0.29, 0.717) is 29.0 Å². The lowest BCUT2D eigenvalue weighted by atomic mass is 9.99. The van der Waals surface area contributed by atoms with Crippen molar-refractivity contribution in [2.24, 2.45) is 23.3 Å². The van der Waals surface area contributed by atoms with E-state index in [1.54, 1.807) is 94.6 Å². The lowest BCUT2D eigenvalue weighted by Gasteiger charge is -2.32. The number of carbonyl (C=O) groups is 16. The third-order valence-corrected chi connectivity index (χ3v) is 19.5. The predicted molar refractivity (Wildman–Crippen MR) is 418 cm³/mol. The maximum absolute atomic E-state index is 14.9. The number of hydrogen-bond acceptors (Lipinski definition) is 21. The molecule has 2 aliphatic heterocycles. The van der Waals surface area contributed by atoms with Crippen LogP contribution in [0.4, 0.5) is 0 Å². The largest absolute Gasteiger partial charge is 0.481 e. The van der Waals surface area contributed by atoms with Crippen LogP contribution in [0.5, 0.6) is 0 Å². The normalized spacial score (nSPS) is 16.7. The average Bonchev–Trinajstić information content (AvgIpc) is 1.67. The number of H-pyrrole nitrogens is 1. The summed E-state index contributed by atoms with van der Waals surface area (Å²) in [6.07, 6.45) is 1.06. The Morgan fingerprint density at radius 1 is 0.522 bits per heavy atom. The Morgan fingerprint density at radius 2 is 0.974 bits per heavy atom. The Kier molecular flexibility index (Phi) is 39.4. The van der Waals surface area contributed by atoms with Crippen molar-refractivity contribution in [1.82, 2.24) is 83.6 Å². The van der Waals surface area contributed by atoms with Gasteiger partial charge in [0.25, 0.3) is 0 Å². The highest BCUT2D eigenvalue weighted by Crippen LogP contribution is 2.24. The molecule has 0 bridgehead atoms. The smallest absolute Gasteiger partial charge is 0.322 e. The highest BCUT2D eigenvalue weighted by Gasteiger charge is 2.43. The monoisotopic (exact) mass is 1630 g/mol. The summed E-state index contributed by atoms with van der Waals surface area (Å²) in [6, 6.07) is -0.171. The molecule has 3 aromatic rings. The van der Waals surface area contributed by atoms with Crippen molar-refractivity contribution in [1.29, 1.82) is 5.41 Å². The van der Waals surface area contributed by atoms with Crippen LogP contribution in [0.25, 0.3) is 0 Å². The average molecular weight is 1630 g/mol. The quantitative estimate of drug-likeness (QED) is 0.0149. The van der Waals surface area contributed by atoms with Crippen LogP contribution >= 0.6 is 11.8 Å². The molecule has 3 heterocycles. The first-order chi connectivity index (χ1) is 54.5. The van der Waals surface area contributed by atoms with E-state index in [1.165, 1.54) is 23.0 Å². The zero-order valence-electron chi connectivity index (χ0n) is 65.4. The number of nitrogens with two attached hydrogens (primary N) is 2. The molecule has 2 fully saturated rings. The summed E-state index contributed by atoms with van der Waals surface area (Å²) >= 11 is 1.42. The standard InChI is InChI=1S/C75H111N19O20S/c1-41(2)32-52(90-71(111)57-22-15-30-94(57)74(114)55(35-45-18-11-8-12-19-45)84-58(96)38-81-64(104)51(27-31-115-6)85-63(103)47(76)36-46-37-79-40-83-46)68(108)86-48(20-13-28-80-75(77)78)65(105)87-49(23-25-59(97)98)66(106)89-53(34-44-16-9-7-10-17-44)69(109)91-54(33-42(3)4)73(113)93-29-14-21-56(93)70(110)88-50(24-26-60(99)100)67(107)92-62(43(5)95)72(112)82-39-61(101)102/h7-12,16-19,37,40-43,47-57,62,95H,13-15,20-36,38-39,76H2,1-6H3,(H,79,83)(H,81,104)(H,82,112)(H,84,96)(H,85,103)(H,86,108)(H,87,105)(H,88,110)(H,89,106)(H,90,111)(H,91,109)(H,92,107)(H,97,98)(H,99,100)(H,101,102)(H4,77,78,80)/t43-,47+,48+,49+,50+,51+,52+,53+,54+,55+,56+,57+,62+/m1/s1. The van der Waals surface area contributed by atoms with Gasteiger partial charge in [-0.25, -0.2) is 4.98 Å². The molecule has 632 valence electrons. The van der Waals surface area contributed by atoms with Crippen molar-refractivity contribution in [2.75, 3.05) is 44.7 Å². The van der Waals surface area contributed by atoms with E-state index in [0.717, 1.165) is 11.8 Å². The van der Waals surface area contributed by atoms with E-state index in [-0.39, 0.29) is 102 Å². The Hall–Kier alpha value is -11.3. The minimum absolute atomic E-state index is 0.0115. The number of aromatic nitrogens is 2. The lowest BCUT2D eigenvalue weighted by Crippen LogP contribution is -2.61. The number of amides is 13. The molecular formula is C75H111N19O20S. The van der Waals surface area contributed by atoms with Crippen LogP contribution in [0.15, 0.2) is 73.2 Å². The van der Waals surface area contributed by atoms with Crippen LogP contribution in [-0.2, 0) is 96.0 Å². The zero-order valence-corrected chi connectivity index (χ0v) is 66.2. The molecule has 5 rings (SSSR count). The van der Waals surface area contributed by atoms with Crippen molar-refractivity contribution in [3.05, 3.63) is 90.0 Å². The highest BCUT2D eigenvalue weighted by atomic mass is 32.2. The first-order valence-electron chi connectivity index (χ1n) is 38.2. The maximum Gasteiger partial charge on any atom is 0.322 e. The van der Waals surface area contributed by atoms with Gasteiger partial charge in [-0.1, -0.05) is 88.4 Å². The predicted octanol–water partition coefficient (Wildman–Crippen LogP) is -3.35. The Balaban J connectivity index is 1.36. The minimum Gasteiger partial charge on any atom is -0.481 e. The Labute approximate surface area is 669 Å². The fraction of sp³-hybridized carbons (Fsp3) is 0.573. The van der Waals surface area contributed by atoms with Crippen LogP contribution < -0.4 is 75.3 Å². The summed E-state index contributed by atoms with van der Waals surface area (Å²) in [5.41, 5.74) is 13.3. The van der Waals surface area contributed by atoms with Crippen LogP contribution in [0.1, 0.15) is 135 Å². The molecule has 22 N–H and O–H groups in total. The molecule has 0 saturated carbocycles. The number of carboxylic acid groups (broad SMARTS) is 3. The first-order valence-corrected chi connectivity index (χ1v) is 39.5. The second kappa shape index (κ2) is 48.0. The third kappa shape index (κ3) is 32.6. The number of benzene rings is 2. The van der Waals surface area contributed by atoms with Crippen molar-refractivity contribution < 1.29 is 97.1 Å². The van der Waals surface area contributed by atoms with Gasteiger partial charge in [-0.15, -0.1) is 0 Å². The molecular weight excluding hydrogens is 1520 g/mol. The Bertz CT molecular complexity index is 3820. The van der Waals surface area contributed by atoms with Gasteiger partial charge in [0, 0.05) is 57.9 Å². The molecule has 1 aromatic heterocycles. The van der Waals surface area contributed by atoms with Gasteiger partial charge in [0.05, 0.1) is 30.7 Å². The van der Waals surface area contributed by atoms with Crippen molar-refractivity contribution in [3.63, 3.8) is 0 Å². The number of hydrogen-bond donors (Lipinski definition) is 20. The van der Waals surface area contributed by atoms with Gasteiger partial charge in [-0.3, -0.25) is 82.1 Å². The number of aliphatic hydroxyl groups is 1. The van der Waals surface area contributed by atoms with Crippen molar-refractivity contribution in [3.8, 4) is 0 Å². The number of guanidine groups is 1. The van der Waals surface area contributed by atoms with Gasteiger partial charge < -0.3 is 110 Å². The van der Waals surface area contributed by atoms with Crippen LogP contribution in [-0.4, -0.2) is 264 Å². The van der Waals surface area contributed by atoms with Crippen molar-refractivity contribution >= 4 is 112 Å². The van der Waals surface area contributed by atoms with E-state index >= 15 is 0 Å². The number of thioether (sulfide) groups is 1. The number of rotatable bonds is 49. The molecule has 115 heavy (non-hydrogen) atoms. The first kappa shape index (κ1) is 94.3. The molecule has 0 unspecified atom stereocenters. The molecule has 13 amide bonds. The summed E-state index contributed by atoms with van der Waals surface area (Å²) in [6.45, 7) is 6.60. The number of nitrogens with one attached hydrogen (secondary N) is 14. The lowest BCUT2D eigenvalue weighted by molar-refractivity contribution is -0.143. The van der Waals surface area contributed by atoms with Crippen molar-refractivity contribution in [2.45, 2.75) is 216 Å². The number of aromatic amines is 1. The Morgan fingerprint density at radius 3 is 1.48 bits per heavy atom. The number of carboxylic acids is 3. The van der Waals surface area contributed by atoms with Crippen LogP contribution in [0.3, 0.4) is 0 Å². The molecule has 2 aromatic carbocycles. The van der Waals surface area contributed by atoms with Gasteiger partial charge >= 0.3 is 17.9 Å². The highest BCUT2D eigenvalue weighted by molar-refractivity contribution is 7.98. The zero-order chi connectivity index (χ0) is 85.0. The number of nitrogens with zero attached hydrogens (tertiary/aromatic N) is 3. The molecule has 2 saturated heterocycles. The fourth-order valence-corrected chi connectivity index (χ4v) is 13.5. The summed E-state index contributed by atoms with van der Waals surface area (Å²) in [5.74, 6) is -16.2. The molecule has 0 aliphatic carbocycles. The molecule has 0 radical (unpaired) electrons. The van der Waals surface area contributed by atoms with E-state index in [1.807, 2.05) is 11.6 Å². The van der Waals surface area contributed by atoms with Crippen LogP contribution in [0.2, 0.25) is 0 Å². The third-order valence-electron chi connectivity index (χ3n) is 18.8. The molecule has 13 atom stereocenters. The molecule has 2 aliphatic rings.